The molecule has 130 valence electrons. The third-order valence-corrected chi connectivity index (χ3v) is 3.62. The second kappa shape index (κ2) is 8.63. The van der Waals surface area contributed by atoms with E-state index in [0.717, 1.165) is 0 Å². The maximum atomic E-state index is 11.9. The zero-order valence-corrected chi connectivity index (χ0v) is 14.3. The van der Waals surface area contributed by atoms with Crippen molar-refractivity contribution in [3.05, 3.63) is 60.2 Å². The molecule has 6 heteroatoms. The highest BCUT2D eigenvalue weighted by Crippen LogP contribution is 2.15. The monoisotopic (exact) mass is 339 g/mol. The summed E-state index contributed by atoms with van der Waals surface area (Å²) in [7, 11) is 0. The molecule has 0 fully saturated rings. The lowest BCUT2D eigenvalue weighted by Crippen LogP contribution is -2.39. The number of hydrogen-bond donors (Lipinski definition) is 2. The first-order valence-electron chi connectivity index (χ1n) is 7.96. The van der Waals surface area contributed by atoms with Crippen LogP contribution in [-0.4, -0.2) is 30.8 Å². The van der Waals surface area contributed by atoms with Gasteiger partial charge in [0.25, 0.3) is 0 Å². The van der Waals surface area contributed by atoms with Crippen molar-refractivity contribution >= 4 is 29.1 Å². The second-order valence-corrected chi connectivity index (χ2v) is 5.52. The number of urea groups is 1. The molecule has 0 heterocycles. The lowest BCUT2D eigenvalue weighted by Gasteiger charge is -2.21. The van der Waals surface area contributed by atoms with Crippen LogP contribution in [0.15, 0.2) is 54.6 Å². The van der Waals surface area contributed by atoms with Crippen LogP contribution in [-0.2, 0) is 4.79 Å². The number of para-hydroxylation sites is 1. The van der Waals surface area contributed by atoms with Crippen LogP contribution in [0, 0.1) is 0 Å². The number of Topliss-reactive ketones (excluding diaryl/α,β-unsaturated/α-hetero) is 1. The van der Waals surface area contributed by atoms with Crippen molar-refractivity contribution in [3.63, 3.8) is 0 Å². The number of amides is 3. The summed E-state index contributed by atoms with van der Waals surface area (Å²) in [5.41, 5.74) is 1.97. The molecule has 0 aliphatic rings. The average molecular weight is 339 g/mol. The lowest BCUT2D eigenvalue weighted by molar-refractivity contribution is -0.116. The Morgan fingerprint density at radius 3 is 2.12 bits per heavy atom. The van der Waals surface area contributed by atoms with Gasteiger partial charge in [-0.15, -0.1) is 0 Å². The van der Waals surface area contributed by atoms with Crippen LogP contribution in [0.4, 0.5) is 16.2 Å². The molecule has 2 aromatic rings. The number of rotatable bonds is 6. The van der Waals surface area contributed by atoms with Gasteiger partial charge in [-0.05, 0) is 43.3 Å². The zero-order valence-electron chi connectivity index (χ0n) is 14.3. The first kappa shape index (κ1) is 18.2. The standard InChI is InChI=1S/C19H21N3O3/c1-14(23)16-8-10-18(11-9-16)22(15(2)24)13-12-20-19(25)21-17-6-4-3-5-7-17/h3-11H,12-13H2,1-2H3,(H2,20,21,25). The van der Waals surface area contributed by atoms with E-state index in [4.69, 9.17) is 0 Å². The van der Waals surface area contributed by atoms with Gasteiger partial charge in [-0.1, -0.05) is 18.2 Å². The molecule has 0 unspecified atom stereocenters. The third kappa shape index (κ3) is 5.46. The van der Waals surface area contributed by atoms with Crippen LogP contribution in [0.25, 0.3) is 0 Å². The molecule has 3 amide bonds. The molecule has 25 heavy (non-hydrogen) atoms. The molecule has 0 saturated carbocycles. The number of carbonyl (C=O) groups is 3. The quantitative estimate of drug-likeness (QED) is 0.794. The molecule has 6 nitrogen and oxygen atoms in total. The number of hydrogen-bond acceptors (Lipinski definition) is 3. The van der Waals surface area contributed by atoms with Crippen LogP contribution in [0.3, 0.4) is 0 Å². The smallest absolute Gasteiger partial charge is 0.319 e. The van der Waals surface area contributed by atoms with Gasteiger partial charge in [-0.2, -0.15) is 0 Å². The van der Waals surface area contributed by atoms with Crippen LogP contribution >= 0.6 is 0 Å². The highest BCUT2D eigenvalue weighted by molar-refractivity contribution is 5.96. The van der Waals surface area contributed by atoms with Crippen LogP contribution in [0.1, 0.15) is 24.2 Å². The Labute approximate surface area is 146 Å². The van der Waals surface area contributed by atoms with Crippen molar-refractivity contribution in [3.8, 4) is 0 Å². The van der Waals surface area contributed by atoms with Gasteiger partial charge in [-0.25, -0.2) is 4.79 Å². The van der Waals surface area contributed by atoms with Crippen molar-refractivity contribution in [1.82, 2.24) is 5.32 Å². The van der Waals surface area contributed by atoms with Gasteiger partial charge in [0.15, 0.2) is 5.78 Å². The number of carbonyl (C=O) groups excluding carboxylic acids is 3. The van der Waals surface area contributed by atoms with Gasteiger partial charge in [0.05, 0.1) is 0 Å². The molecule has 0 aliphatic carbocycles. The predicted octanol–water partition coefficient (Wildman–Crippen LogP) is 3.06. The maximum absolute atomic E-state index is 11.9. The Balaban J connectivity index is 1.90. The maximum Gasteiger partial charge on any atom is 0.319 e. The van der Waals surface area contributed by atoms with Gasteiger partial charge in [-0.3, -0.25) is 9.59 Å². The predicted molar refractivity (Wildman–Crippen MR) is 97.9 cm³/mol. The molecule has 0 saturated heterocycles. The van der Waals surface area contributed by atoms with Crippen LogP contribution in [0.5, 0.6) is 0 Å². The number of anilines is 2. The summed E-state index contributed by atoms with van der Waals surface area (Å²) in [5, 5.41) is 5.43. The van der Waals surface area contributed by atoms with Gasteiger partial charge in [0, 0.05) is 37.0 Å². The number of nitrogens with one attached hydrogen (secondary N) is 2. The SMILES string of the molecule is CC(=O)c1ccc(N(CCNC(=O)Nc2ccccc2)C(C)=O)cc1. The van der Waals surface area contributed by atoms with E-state index in [-0.39, 0.29) is 17.7 Å². The summed E-state index contributed by atoms with van der Waals surface area (Å²) in [6.07, 6.45) is 0. The molecule has 0 radical (unpaired) electrons. The van der Waals surface area contributed by atoms with E-state index in [0.29, 0.717) is 30.0 Å². The van der Waals surface area contributed by atoms with Crippen molar-refractivity contribution < 1.29 is 14.4 Å². The van der Waals surface area contributed by atoms with E-state index in [1.54, 1.807) is 41.3 Å². The van der Waals surface area contributed by atoms with Crippen molar-refractivity contribution in [2.75, 3.05) is 23.3 Å². The van der Waals surface area contributed by atoms with Crippen LogP contribution in [0.2, 0.25) is 0 Å². The van der Waals surface area contributed by atoms with E-state index < -0.39 is 0 Å². The van der Waals surface area contributed by atoms with Crippen molar-refractivity contribution in [2.45, 2.75) is 13.8 Å². The molecule has 0 spiro atoms. The van der Waals surface area contributed by atoms with Gasteiger partial charge in [0.1, 0.15) is 0 Å². The molecule has 2 N–H and O–H groups in total. The first-order chi connectivity index (χ1) is 12.0. The summed E-state index contributed by atoms with van der Waals surface area (Å²) in [6, 6.07) is 15.6. The lowest BCUT2D eigenvalue weighted by atomic mass is 10.1. The van der Waals surface area contributed by atoms with E-state index >= 15 is 0 Å². The Morgan fingerprint density at radius 1 is 0.920 bits per heavy atom. The van der Waals surface area contributed by atoms with Gasteiger partial charge in [0.2, 0.25) is 5.91 Å². The molecule has 0 atom stereocenters. The van der Waals surface area contributed by atoms with E-state index in [1.165, 1.54) is 13.8 Å². The summed E-state index contributed by atoms with van der Waals surface area (Å²) in [6.45, 7) is 3.58. The number of nitrogens with zero attached hydrogens (tertiary/aromatic N) is 1. The van der Waals surface area contributed by atoms with E-state index in [1.807, 2.05) is 18.2 Å². The minimum atomic E-state index is -0.332. The highest BCUT2D eigenvalue weighted by Gasteiger charge is 2.12. The van der Waals surface area contributed by atoms with Gasteiger partial charge >= 0.3 is 6.03 Å². The topological polar surface area (TPSA) is 78.5 Å². The Morgan fingerprint density at radius 2 is 1.56 bits per heavy atom. The normalized spacial score (nSPS) is 10.0. The summed E-state index contributed by atoms with van der Waals surface area (Å²) < 4.78 is 0. The molecule has 0 aromatic heterocycles. The van der Waals surface area contributed by atoms with Gasteiger partial charge < -0.3 is 15.5 Å². The third-order valence-electron chi connectivity index (χ3n) is 3.62. The average Bonchev–Trinajstić information content (AvgIpc) is 2.59. The van der Waals surface area contributed by atoms with Crippen LogP contribution < -0.4 is 15.5 Å². The number of ketones is 1. The second-order valence-electron chi connectivity index (χ2n) is 5.52. The molecular formula is C19H21N3O3. The van der Waals surface area contributed by atoms with Crippen molar-refractivity contribution in [2.24, 2.45) is 0 Å². The van der Waals surface area contributed by atoms with E-state index in [2.05, 4.69) is 10.6 Å². The fourth-order valence-electron chi connectivity index (χ4n) is 2.32. The summed E-state index contributed by atoms with van der Waals surface area (Å²) in [4.78, 5) is 36.6. The zero-order chi connectivity index (χ0) is 18.2. The first-order valence-corrected chi connectivity index (χ1v) is 7.96. The summed E-state index contributed by atoms with van der Waals surface area (Å²) in [5.74, 6) is -0.166. The Bertz CT molecular complexity index is 742. The molecular weight excluding hydrogens is 318 g/mol. The minimum absolute atomic E-state index is 0.0276. The molecule has 0 bridgehead atoms. The fourth-order valence-corrected chi connectivity index (χ4v) is 2.32. The Kier molecular flexibility index (Phi) is 6.28. The minimum Gasteiger partial charge on any atom is -0.336 e. The number of benzene rings is 2. The molecule has 2 aromatic carbocycles. The highest BCUT2D eigenvalue weighted by atomic mass is 16.2. The summed E-state index contributed by atoms with van der Waals surface area (Å²) >= 11 is 0. The largest absolute Gasteiger partial charge is 0.336 e. The molecule has 2 rings (SSSR count). The fraction of sp³-hybridized carbons (Fsp3) is 0.211. The van der Waals surface area contributed by atoms with Crippen molar-refractivity contribution in [1.29, 1.82) is 0 Å². The van der Waals surface area contributed by atoms with E-state index in [9.17, 15) is 14.4 Å². The Hall–Kier alpha value is -3.15. The molecule has 0 aliphatic heterocycles.